The third-order valence-electron chi connectivity index (χ3n) is 5.38. The van der Waals surface area contributed by atoms with Gasteiger partial charge in [0.15, 0.2) is 5.17 Å². The second-order valence-corrected chi connectivity index (χ2v) is 8.71. The van der Waals surface area contributed by atoms with E-state index in [1.165, 1.54) is 22.5 Å². The average molecular weight is 467 g/mol. The highest BCUT2D eigenvalue weighted by molar-refractivity contribution is 8.18. The first-order chi connectivity index (χ1) is 16.7. The highest BCUT2D eigenvalue weighted by Gasteiger charge is 2.23. The molecule has 1 saturated heterocycles. The van der Waals surface area contributed by atoms with Gasteiger partial charge in [-0.1, -0.05) is 54.6 Å². The Kier molecular flexibility index (Phi) is 6.31. The molecular formula is C28H22N2O3S. The standard InChI is InChI=1S/C28H22N2O3S/c1-32-23-14-12-22(13-15-23)29-28-30-27(31)26(34-28)17-19-6-4-10-24(16-19)33-18-21-9-5-8-20-7-2-3-11-25(20)21/h2-17H,18H2,1H3,(H,29,30,31)/b26-17-. The van der Waals surface area contributed by atoms with E-state index in [-0.39, 0.29) is 5.91 Å². The topological polar surface area (TPSA) is 59.9 Å². The smallest absolute Gasteiger partial charge is 0.264 e. The number of carbonyl (C=O) groups excluding carboxylic acids is 1. The highest BCUT2D eigenvalue weighted by Crippen LogP contribution is 2.29. The zero-order valence-electron chi connectivity index (χ0n) is 18.5. The van der Waals surface area contributed by atoms with Gasteiger partial charge in [0.05, 0.1) is 17.7 Å². The summed E-state index contributed by atoms with van der Waals surface area (Å²) in [6, 6.07) is 29.6. The van der Waals surface area contributed by atoms with Crippen molar-refractivity contribution in [2.24, 2.45) is 4.99 Å². The number of amides is 1. The maximum Gasteiger partial charge on any atom is 0.264 e. The van der Waals surface area contributed by atoms with Crippen molar-refractivity contribution in [2.75, 3.05) is 7.11 Å². The Morgan fingerprint density at radius 1 is 0.912 bits per heavy atom. The molecule has 0 saturated carbocycles. The summed E-state index contributed by atoms with van der Waals surface area (Å²) in [7, 11) is 1.62. The van der Waals surface area contributed by atoms with Crippen molar-refractivity contribution in [1.82, 2.24) is 5.32 Å². The van der Waals surface area contributed by atoms with Crippen LogP contribution < -0.4 is 14.8 Å². The zero-order valence-corrected chi connectivity index (χ0v) is 19.3. The molecule has 34 heavy (non-hydrogen) atoms. The fraction of sp³-hybridized carbons (Fsp3) is 0.0714. The van der Waals surface area contributed by atoms with E-state index in [9.17, 15) is 4.79 Å². The van der Waals surface area contributed by atoms with Crippen LogP contribution in [0.4, 0.5) is 5.69 Å². The van der Waals surface area contributed by atoms with Crippen molar-refractivity contribution in [3.05, 3.63) is 107 Å². The molecule has 0 aromatic heterocycles. The lowest BCUT2D eigenvalue weighted by molar-refractivity contribution is -0.115. The summed E-state index contributed by atoms with van der Waals surface area (Å²) in [5, 5.41) is 5.75. The van der Waals surface area contributed by atoms with E-state index < -0.39 is 0 Å². The molecule has 5 rings (SSSR count). The third-order valence-corrected chi connectivity index (χ3v) is 6.29. The van der Waals surface area contributed by atoms with Gasteiger partial charge in [-0.25, -0.2) is 4.99 Å². The van der Waals surface area contributed by atoms with Gasteiger partial charge in [-0.2, -0.15) is 0 Å². The Bertz CT molecular complexity index is 1410. The summed E-state index contributed by atoms with van der Waals surface area (Å²) in [5.74, 6) is 1.34. The first-order valence-corrected chi connectivity index (χ1v) is 11.6. The Hall–Kier alpha value is -4.03. The van der Waals surface area contributed by atoms with Crippen LogP contribution in [-0.4, -0.2) is 18.2 Å². The second kappa shape index (κ2) is 9.85. The minimum absolute atomic E-state index is 0.167. The lowest BCUT2D eigenvalue weighted by Gasteiger charge is -2.09. The first-order valence-electron chi connectivity index (χ1n) is 10.8. The Morgan fingerprint density at radius 2 is 1.71 bits per heavy atom. The van der Waals surface area contributed by atoms with Crippen molar-refractivity contribution in [3.8, 4) is 11.5 Å². The number of methoxy groups -OCH3 is 1. The molecule has 0 bridgehead atoms. The molecule has 1 aliphatic heterocycles. The number of amidine groups is 1. The summed E-state index contributed by atoms with van der Waals surface area (Å²) in [4.78, 5) is 17.6. The third kappa shape index (κ3) is 4.97. The van der Waals surface area contributed by atoms with Gasteiger partial charge < -0.3 is 14.8 Å². The Labute approximate surface area is 202 Å². The number of aliphatic imine (C=N–C) groups is 1. The van der Waals surface area contributed by atoms with E-state index in [2.05, 4.69) is 34.6 Å². The van der Waals surface area contributed by atoms with Crippen LogP contribution in [0.25, 0.3) is 16.8 Å². The van der Waals surface area contributed by atoms with Gasteiger partial charge in [0.2, 0.25) is 0 Å². The molecule has 0 spiro atoms. The normalized spacial score (nSPS) is 15.6. The summed E-state index contributed by atoms with van der Waals surface area (Å²) < 4.78 is 11.2. The monoisotopic (exact) mass is 466 g/mol. The lowest BCUT2D eigenvalue weighted by atomic mass is 10.1. The summed E-state index contributed by atoms with van der Waals surface area (Å²) in [6.45, 7) is 0.468. The number of hydrogen-bond donors (Lipinski definition) is 1. The number of carbonyl (C=O) groups is 1. The van der Waals surface area contributed by atoms with Crippen molar-refractivity contribution < 1.29 is 14.3 Å². The molecule has 0 aliphatic carbocycles. The first kappa shape index (κ1) is 21.8. The van der Waals surface area contributed by atoms with Crippen LogP contribution in [0, 0.1) is 0 Å². The largest absolute Gasteiger partial charge is 0.497 e. The number of hydrogen-bond acceptors (Lipinski definition) is 5. The molecule has 6 heteroatoms. The van der Waals surface area contributed by atoms with Gasteiger partial charge in [0.25, 0.3) is 5.91 Å². The van der Waals surface area contributed by atoms with Crippen molar-refractivity contribution in [1.29, 1.82) is 0 Å². The number of ether oxygens (including phenoxy) is 2. The highest BCUT2D eigenvalue weighted by atomic mass is 32.2. The zero-order chi connectivity index (χ0) is 23.3. The Balaban J connectivity index is 1.29. The molecule has 1 N–H and O–H groups in total. The predicted molar refractivity (Wildman–Crippen MR) is 139 cm³/mol. The summed E-state index contributed by atoms with van der Waals surface area (Å²) >= 11 is 1.31. The molecule has 1 heterocycles. The van der Waals surface area contributed by atoms with E-state index in [0.29, 0.717) is 16.7 Å². The van der Waals surface area contributed by atoms with Crippen LogP contribution >= 0.6 is 11.8 Å². The number of thioether (sulfide) groups is 1. The molecule has 168 valence electrons. The maximum atomic E-state index is 12.5. The average Bonchev–Trinajstić information content (AvgIpc) is 3.21. The maximum absolute atomic E-state index is 12.5. The minimum Gasteiger partial charge on any atom is -0.497 e. The molecule has 0 radical (unpaired) electrons. The fourth-order valence-corrected chi connectivity index (χ4v) is 4.52. The van der Waals surface area contributed by atoms with E-state index in [1.54, 1.807) is 7.11 Å². The predicted octanol–water partition coefficient (Wildman–Crippen LogP) is 6.32. The molecule has 5 nitrogen and oxygen atoms in total. The number of benzene rings is 4. The molecular weight excluding hydrogens is 444 g/mol. The van der Waals surface area contributed by atoms with Crippen molar-refractivity contribution >= 4 is 45.4 Å². The minimum atomic E-state index is -0.167. The molecule has 0 unspecified atom stereocenters. The molecule has 4 aromatic rings. The van der Waals surface area contributed by atoms with Crippen LogP contribution in [0.3, 0.4) is 0 Å². The van der Waals surface area contributed by atoms with Crippen molar-refractivity contribution in [2.45, 2.75) is 6.61 Å². The quantitative estimate of drug-likeness (QED) is 0.338. The van der Waals surface area contributed by atoms with Gasteiger partial charge in [-0.3, -0.25) is 4.79 Å². The van der Waals surface area contributed by atoms with Crippen LogP contribution in [0.5, 0.6) is 11.5 Å². The van der Waals surface area contributed by atoms with Crippen LogP contribution in [-0.2, 0) is 11.4 Å². The molecule has 1 amide bonds. The molecule has 1 fully saturated rings. The van der Waals surface area contributed by atoms with Gasteiger partial charge in [0.1, 0.15) is 18.1 Å². The van der Waals surface area contributed by atoms with Crippen LogP contribution in [0.15, 0.2) is 101 Å². The summed E-state index contributed by atoms with van der Waals surface area (Å²) in [6.07, 6.45) is 1.85. The number of nitrogens with zero attached hydrogens (tertiary/aromatic N) is 1. The van der Waals surface area contributed by atoms with Gasteiger partial charge >= 0.3 is 0 Å². The SMILES string of the molecule is COc1ccc(N=C2NC(=O)/C(=C/c3cccc(OCc4cccc5ccccc45)c3)S2)cc1. The lowest BCUT2D eigenvalue weighted by Crippen LogP contribution is -2.19. The second-order valence-electron chi connectivity index (χ2n) is 7.68. The number of rotatable bonds is 6. The molecule has 1 aliphatic rings. The van der Waals surface area contributed by atoms with Crippen LogP contribution in [0.2, 0.25) is 0 Å². The van der Waals surface area contributed by atoms with Gasteiger partial charge in [-0.05, 0) is 76.1 Å². The molecule has 0 atom stereocenters. The molecule has 4 aromatic carbocycles. The fourth-order valence-electron chi connectivity index (χ4n) is 3.68. The number of fused-ring (bicyclic) bond motifs is 1. The number of nitrogens with one attached hydrogen (secondary N) is 1. The van der Waals surface area contributed by atoms with Crippen molar-refractivity contribution in [3.63, 3.8) is 0 Å². The van der Waals surface area contributed by atoms with Gasteiger partial charge in [-0.15, -0.1) is 0 Å². The van der Waals surface area contributed by atoms with Gasteiger partial charge in [0, 0.05) is 0 Å². The van der Waals surface area contributed by atoms with Crippen LogP contribution in [0.1, 0.15) is 11.1 Å². The summed E-state index contributed by atoms with van der Waals surface area (Å²) in [5.41, 5.74) is 2.76. The van der Waals surface area contributed by atoms with E-state index >= 15 is 0 Å². The van der Waals surface area contributed by atoms with E-state index in [4.69, 9.17) is 9.47 Å². The Morgan fingerprint density at radius 3 is 2.56 bits per heavy atom. The van der Waals surface area contributed by atoms with E-state index in [0.717, 1.165) is 28.3 Å². The van der Waals surface area contributed by atoms with E-state index in [1.807, 2.05) is 72.8 Å².